The fraction of sp³-hybridized carbons (Fsp3) is 0.900. The molecule has 2 saturated heterocycles. The summed E-state index contributed by atoms with van der Waals surface area (Å²) in [4.78, 5) is 11.7. The van der Waals surface area contributed by atoms with Crippen LogP contribution >= 0.6 is 0 Å². The molecule has 3 N–H and O–H groups in total. The van der Waals surface area contributed by atoms with Crippen molar-refractivity contribution in [1.29, 1.82) is 0 Å². The van der Waals surface area contributed by atoms with Crippen molar-refractivity contribution in [1.82, 2.24) is 10.6 Å². The number of aliphatic hydroxyl groups excluding tert-OH is 1. The van der Waals surface area contributed by atoms with Crippen LogP contribution in [-0.4, -0.2) is 35.7 Å². The van der Waals surface area contributed by atoms with Gasteiger partial charge >= 0.3 is 0 Å². The summed E-state index contributed by atoms with van der Waals surface area (Å²) in [6.07, 6.45) is 2.85. The van der Waals surface area contributed by atoms with Crippen molar-refractivity contribution < 1.29 is 9.90 Å². The highest BCUT2D eigenvalue weighted by Crippen LogP contribution is 2.33. The Balaban J connectivity index is 1.81. The first-order valence-electron chi connectivity index (χ1n) is 5.38. The monoisotopic (exact) mass is 198 g/mol. The minimum Gasteiger partial charge on any atom is -0.392 e. The summed E-state index contributed by atoms with van der Waals surface area (Å²) in [6, 6.07) is 0.941. The number of hydrogen-bond acceptors (Lipinski definition) is 3. The Kier molecular flexibility index (Phi) is 2.74. The zero-order chi connectivity index (χ0) is 10.1. The maximum Gasteiger partial charge on any atom is 0.224 e. The second kappa shape index (κ2) is 3.87. The normalized spacial score (nSPS) is 37.1. The number of carbonyl (C=O) groups is 1. The van der Waals surface area contributed by atoms with Gasteiger partial charge in [-0.15, -0.1) is 0 Å². The third-order valence-electron chi connectivity index (χ3n) is 3.21. The Morgan fingerprint density at radius 3 is 2.93 bits per heavy atom. The molecule has 4 heteroatoms. The van der Waals surface area contributed by atoms with Crippen LogP contribution in [0.4, 0.5) is 0 Å². The number of rotatable bonds is 3. The number of fused-ring (bicyclic) bond motifs is 2. The topological polar surface area (TPSA) is 61.4 Å². The van der Waals surface area contributed by atoms with Crippen molar-refractivity contribution in [2.24, 2.45) is 5.92 Å². The van der Waals surface area contributed by atoms with Crippen molar-refractivity contribution in [3.8, 4) is 0 Å². The van der Waals surface area contributed by atoms with E-state index >= 15 is 0 Å². The average molecular weight is 198 g/mol. The zero-order valence-corrected chi connectivity index (χ0v) is 8.49. The fourth-order valence-electron chi connectivity index (χ4n) is 2.49. The lowest BCUT2D eigenvalue weighted by Crippen LogP contribution is -2.40. The second-order valence-electron chi connectivity index (χ2n) is 4.48. The van der Waals surface area contributed by atoms with E-state index in [9.17, 15) is 4.79 Å². The van der Waals surface area contributed by atoms with Crippen LogP contribution in [0.5, 0.6) is 0 Å². The van der Waals surface area contributed by atoms with Gasteiger partial charge in [-0.3, -0.25) is 4.79 Å². The van der Waals surface area contributed by atoms with E-state index in [2.05, 4.69) is 10.6 Å². The summed E-state index contributed by atoms with van der Waals surface area (Å²) in [5, 5.41) is 15.2. The Morgan fingerprint density at radius 1 is 1.64 bits per heavy atom. The van der Waals surface area contributed by atoms with Crippen molar-refractivity contribution in [3.05, 3.63) is 0 Å². The molecule has 0 aromatic carbocycles. The first-order chi connectivity index (χ1) is 6.66. The molecule has 2 bridgehead atoms. The van der Waals surface area contributed by atoms with E-state index in [4.69, 9.17) is 5.11 Å². The van der Waals surface area contributed by atoms with Crippen LogP contribution in [0.3, 0.4) is 0 Å². The summed E-state index contributed by atoms with van der Waals surface area (Å²) >= 11 is 0. The van der Waals surface area contributed by atoms with Gasteiger partial charge in [0.2, 0.25) is 5.91 Å². The minimum absolute atomic E-state index is 0.102. The van der Waals surface area contributed by atoms with Gasteiger partial charge in [0.1, 0.15) is 0 Å². The van der Waals surface area contributed by atoms with Crippen molar-refractivity contribution in [2.45, 2.75) is 44.4 Å². The molecule has 2 aliphatic rings. The molecular weight excluding hydrogens is 180 g/mol. The molecule has 2 aliphatic heterocycles. The minimum atomic E-state index is -0.453. The van der Waals surface area contributed by atoms with Crippen LogP contribution in [0.15, 0.2) is 0 Å². The molecule has 2 fully saturated rings. The van der Waals surface area contributed by atoms with E-state index in [0.29, 0.717) is 18.6 Å². The van der Waals surface area contributed by atoms with Gasteiger partial charge in [0.15, 0.2) is 0 Å². The van der Waals surface area contributed by atoms with Gasteiger partial charge in [0, 0.05) is 18.6 Å². The molecule has 0 aromatic heterocycles. The van der Waals surface area contributed by atoms with Crippen molar-refractivity contribution >= 4 is 5.91 Å². The number of carbonyl (C=O) groups excluding carboxylic acids is 1. The van der Waals surface area contributed by atoms with E-state index in [1.165, 1.54) is 6.42 Å². The number of hydrogen-bond donors (Lipinski definition) is 3. The molecular formula is C10H18N2O2. The van der Waals surface area contributed by atoms with E-state index < -0.39 is 6.10 Å². The number of nitrogens with one attached hydrogen (secondary N) is 2. The van der Waals surface area contributed by atoms with Crippen LogP contribution in [0.25, 0.3) is 0 Å². The number of aliphatic hydroxyl groups is 1. The van der Waals surface area contributed by atoms with Crippen LogP contribution in [-0.2, 0) is 4.79 Å². The first-order valence-corrected chi connectivity index (χ1v) is 5.38. The van der Waals surface area contributed by atoms with E-state index in [1.807, 2.05) is 0 Å². The smallest absolute Gasteiger partial charge is 0.224 e. The van der Waals surface area contributed by atoms with Crippen molar-refractivity contribution in [3.63, 3.8) is 0 Å². The summed E-state index contributed by atoms with van der Waals surface area (Å²) in [5.41, 5.74) is 0. The Hall–Kier alpha value is -0.610. The van der Waals surface area contributed by atoms with Crippen LogP contribution in [0, 0.1) is 5.92 Å². The maximum atomic E-state index is 11.7. The Morgan fingerprint density at radius 2 is 2.43 bits per heavy atom. The predicted octanol–water partition coefficient (Wildman–Crippen LogP) is -0.376. The van der Waals surface area contributed by atoms with Gasteiger partial charge in [0.05, 0.1) is 12.0 Å². The average Bonchev–Trinajstić information content (AvgIpc) is 2.74. The third-order valence-corrected chi connectivity index (χ3v) is 3.21. The van der Waals surface area contributed by atoms with Crippen molar-refractivity contribution in [2.75, 3.05) is 6.54 Å². The first kappa shape index (κ1) is 9.93. The van der Waals surface area contributed by atoms with Gasteiger partial charge in [-0.1, -0.05) is 0 Å². The highest BCUT2D eigenvalue weighted by atomic mass is 16.3. The number of amides is 1. The second-order valence-corrected chi connectivity index (χ2v) is 4.48. The molecule has 1 amide bonds. The molecule has 14 heavy (non-hydrogen) atoms. The maximum absolute atomic E-state index is 11.7. The fourth-order valence-corrected chi connectivity index (χ4v) is 2.49. The molecule has 4 nitrogen and oxygen atoms in total. The van der Waals surface area contributed by atoms with Gasteiger partial charge in [-0.25, -0.2) is 0 Å². The molecule has 80 valence electrons. The third kappa shape index (κ3) is 1.91. The summed E-state index contributed by atoms with van der Waals surface area (Å²) in [7, 11) is 0. The molecule has 0 spiro atoms. The van der Waals surface area contributed by atoms with E-state index in [-0.39, 0.29) is 11.8 Å². The molecule has 4 atom stereocenters. The van der Waals surface area contributed by atoms with Gasteiger partial charge in [0.25, 0.3) is 0 Å². The van der Waals surface area contributed by atoms with E-state index in [1.54, 1.807) is 6.92 Å². The molecule has 0 aromatic rings. The van der Waals surface area contributed by atoms with Gasteiger partial charge < -0.3 is 15.7 Å². The summed E-state index contributed by atoms with van der Waals surface area (Å²) < 4.78 is 0. The lowest BCUT2D eigenvalue weighted by atomic mass is 9.88. The van der Waals surface area contributed by atoms with Gasteiger partial charge in [-0.2, -0.15) is 0 Å². The standard InChI is InChI=1S/C10H18N2O2/c1-6(13)5-11-10(14)8-4-7-2-3-9(8)12-7/h6-9,12-13H,2-5H2,1H3,(H,11,14)/t6-,7?,8?,9?/m0/s1. The lowest BCUT2D eigenvalue weighted by molar-refractivity contribution is -0.126. The zero-order valence-electron chi connectivity index (χ0n) is 8.49. The lowest BCUT2D eigenvalue weighted by Gasteiger charge is -2.19. The molecule has 0 aliphatic carbocycles. The molecule has 2 rings (SSSR count). The van der Waals surface area contributed by atoms with Crippen LogP contribution in [0.2, 0.25) is 0 Å². The Bertz CT molecular complexity index is 230. The highest BCUT2D eigenvalue weighted by molar-refractivity contribution is 5.80. The van der Waals surface area contributed by atoms with E-state index in [0.717, 1.165) is 12.8 Å². The highest BCUT2D eigenvalue weighted by Gasteiger charge is 2.42. The summed E-state index contributed by atoms with van der Waals surface area (Å²) in [5.74, 6) is 0.234. The van der Waals surface area contributed by atoms with Gasteiger partial charge in [-0.05, 0) is 26.2 Å². The molecule has 0 saturated carbocycles. The molecule has 3 unspecified atom stereocenters. The predicted molar refractivity (Wildman–Crippen MR) is 52.7 cm³/mol. The largest absolute Gasteiger partial charge is 0.392 e. The summed E-state index contributed by atoms with van der Waals surface area (Å²) in [6.45, 7) is 2.05. The SMILES string of the molecule is C[C@H](O)CNC(=O)C1CC2CCC1N2. The molecule has 0 radical (unpaired) electrons. The molecule has 2 heterocycles. The van der Waals surface area contributed by atoms with Crippen LogP contribution in [0.1, 0.15) is 26.2 Å². The quantitative estimate of drug-likeness (QED) is 0.579. The Labute approximate surface area is 84.1 Å². The van der Waals surface area contributed by atoms with Crippen LogP contribution < -0.4 is 10.6 Å².